The summed E-state index contributed by atoms with van der Waals surface area (Å²) in [5, 5.41) is 6.99. The molecule has 2 saturated heterocycles. The lowest BCUT2D eigenvalue weighted by Crippen LogP contribution is -2.50. The number of aromatic nitrogens is 1. The molecule has 2 amide bonds. The molecular formula is C19H29N5O3. The summed E-state index contributed by atoms with van der Waals surface area (Å²) < 4.78 is 5.27. The summed E-state index contributed by atoms with van der Waals surface area (Å²) in [5.74, 6) is 1.56. The van der Waals surface area contributed by atoms with Crippen molar-refractivity contribution in [3.8, 4) is 0 Å². The third kappa shape index (κ3) is 4.32. The Morgan fingerprint density at radius 1 is 1.22 bits per heavy atom. The van der Waals surface area contributed by atoms with Crippen LogP contribution in [-0.2, 0) is 4.79 Å². The summed E-state index contributed by atoms with van der Waals surface area (Å²) in [7, 11) is 2.08. The van der Waals surface area contributed by atoms with Gasteiger partial charge in [-0.15, -0.1) is 0 Å². The Kier molecular flexibility index (Phi) is 5.19. The Hall–Kier alpha value is -1.93. The maximum Gasteiger partial charge on any atom is 0.273 e. The molecule has 0 spiro atoms. The Balaban J connectivity index is 1.27. The highest BCUT2D eigenvalue weighted by Gasteiger charge is 2.34. The highest BCUT2D eigenvalue weighted by Crippen LogP contribution is 2.40. The second kappa shape index (κ2) is 7.59. The van der Waals surface area contributed by atoms with E-state index < -0.39 is 0 Å². The normalized spacial score (nSPS) is 27.1. The van der Waals surface area contributed by atoms with Crippen LogP contribution >= 0.6 is 0 Å². The molecule has 0 bridgehead atoms. The minimum Gasteiger partial charge on any atom is -0.360 e. The quantitative estimate of drug-likeness (QED) is 0.801. The predicted molar refractivity (Wildman–Crippen MR) is 99.4 cm³/mol. The van der Waals surface area contributed by atoms with Crippen molar-refractivity contribution >= 4 is 11.8 Å². The molecule has 8 heteroatoms. The standard InChI is InChI=1S/C19H29N5O3/c1-13-10-23(12-18(25)24-7-5-22(2)6-8-24)11-16(13)20-19(26)15-9-17(27-21-15)14-3-4-14/h9,13-14,16H,3-8,10-12H2,1-2H3,(H,20,26)/t13-,16-/m0/s1. The van der Waals surface area contributed by atoms with Crippen molar-refractivity contribution in [1.29, 1.82) is 0 Å². The molecule has 1 aromatic heterocycles. The van der Waals surface area contributed by atoms with E-state index in [4.69, 9.17) is 4.52 Å². The summed E-state index contributed by atoms with van der Waals surface area (Å²) in [6.45, 7) is 7.52. The van der Waals surface area contributed by atoms with Crippen LogP contribution in [0.5, 0.6) is 0 Å². The van der Waals surface area contributed by atoms with Crippen LogP contribution < -0.4 is 5.32 Å². The average molecular weight is 375 g/mol. The molecule has 1 N–H and O–H groups in total. The highest BCUT2D eigenvalue weighted by atomic mass is 16.5. The lowest BCUT2D eigenvalue weighted by Gasteiger charge is -2.33. The van der Waals surface area contributed by atoms with Crippen LogP contribution in [0.1, 0.15) is 41.9 Å². The number of rotatable bonds is 5. The van der Waals surface area contributed by atoms with Crippen LogP contribution in [0.2, 0.25) is 0 Å². The summed E-state index contributed by atoms with van der Waals surface area (Å²) >= 11 is 0. The number of amides is 2. The monoisotopic (exact) mass is 375 g/mol. The van der Waals surface area contributed by atoms with E-state index in [0.717, 1.165) is 51.3 Å². The molecule has 8 nitrogen and oxygen atoms in total. The van der Waals surface area contributed by atoms with Crippen LogP contribution in [-0.4, -0.2) is 90.6 Å². The maximum atomic E-state index is 12.5. The Morgan fingerprint density at radius 3 is 2.67 bits per heavy atom. The summed E-state index contributed by atoms with van der Waals surface area (Å²) in [6, 6.07) is 1.79. The van der Waals surface area contributed by atoms with E-state index in [1.54, 1.807) is 6.07 Å². The Labute approximate surface area is 159 Å². The first-order valence-corrected chi connectivity index (χ1v) is 9.95. The van der Waals surface area contributed by atoms with Crippen molar-refractivity contribution in [2.24, 2.45) is 5.92 Å². The molecule has 0 radical (unpaired) electrons. The van der Waals surface area contributed by atoms with Crippen molar-refractivity contribution in [1.82, 2.24) is 25.2 Å². The molecule has 1 saturated carbocycles. The van der Waals surface area contributed by atoms with E-state index >= 15 is 0 Å². The molecule has 2 atom stereocenters. The molecular weight excluding hydrogens is 346 g/mol. The first-order valence-electron chi connectivity index (χ1n) is 9.95. The summed E-state index contributed by atoms with van der Waals surface area (Å²) in [6.07, 6.45) is 2.23. The van der Waals surface area contributed by atoms with Gasteiger partial charge in [0.2, 0.25) is 5.91 Å². The van der Waals surface area contributed by atoms with E-state index in [1.165, 1.54) is 0 Å². The predicted octanol–water partition coefficient (Wildman–Crippen LogP) is 0.376. The van der Waals surface area contributed by atoms with E-state index in [1.807, 2.05) is 4.90 Å². The summed E-state index contributed by atoms with van der Waals surface area (Å²) in [5.41, 5.74) is 0.357. The zero-order valence-corrected chi connectivity index (χ0v) is 16.2. The largest absolute Gasteiger partial charge is 0.360 e. The Bertz CT molecular complexity index is 693. The van der Waals surface area contributed by atoms with Crippen LogP contribution in [0.15, 0.2) is 10.6 Å². The molecule has 1 aromatic rings. The van der Waals surface area contributed by atoms with Gasteiger partial charge in [0.1, 0.15) is 5.76 Å². The number of nitrogens with one attached hydrogen (secondary N) is 1. The van der Waals surface area contributed by atoms with E-state index in [9.17, 15) is 9.59 Å². The molecule has 0 aromatic carbocycles. The van der Waals surface area contributed by atoms with Gasteiger partial charge in [0.05, 0.1) is 6.54 Å². The third-order valence-electron chi connectivity index (χ3n) is 5.96. The van der Waals surface area contributed by atoms with Crippen LogP contribution in [0.3, 0.4) is 0 Å². The fourth-order valence-corrected chi connectivity index (χ4v) is 3.93. The first kappa shape index (κ1) is 18.4. The van der Waals surface area contributed by atoms with Gasteiger partial charge in [-0.25, -0.2) is 0 Å². The molecule has 0 unspecified atom stereocenters. The molecule has 2 aliphatic heterocycles. The maximum absolute atomic E-state index is 12.5. The number of likely N-dealkylation sites (N-methyl/N-ethyl adjacent to an activating group) is 1. The van der Waals surface area contributed by atoms with Gasteiger partial charge >= 0.3 is 0 Å². The minimum atomic E-state index is -0.185. The number of nitrogens with zero attached hydrogens (tertiary/aromatic N) is 4. The van der Waals surface area contributed by atoms with Crippen LogP contribution in [0.25, 0.3) is 0 Å². The first-order chi connectivity index (χ1) is 13.0. The molecule has 3 aliphatic rings. The van der Waals surface area contributed by atoms with E-state index in [0.29, 0.717) is 30.6 Å². The number of carbonyl (C=O) groups is 2. The second-order valence-corrected chi connectivity index (χ2v) is 8.32. The fourth-order valence-electron chi connectivity index (χ4n) is 3.93. The molecule has 4 rings (SSSR count). The van der Waals surface area contributed by atoms with Gasteiger partial charge in [-0.3, -0.25) is 14.5 Å². The van der Waals surface area contributed by atoms with Crippen LogP contribution in [0, 0.1) is 5.92 Å². The van der Waals surface area contributed by atoms with Crippen molar-refractivity contribution in [2.75, 3.05) is 52.9 Å². The van der Waals surface area contributed by atoms with Crippen molar-refractivity contribution in [3.63, 3.8) is 0 Å². The number of hydrogen-bond acceptors (Lipinski definition) is 6. The molecule has 148 valence electrons. The van der Waals surface area contributed by atoms with Crippen LogP contribution in [0.4, 0.5) is 0 Å². The van der Waals surface area contributed by atoms with Gasteiger partial charge in [-0.2, -0.15) is 0 Å². The van der Waals surface area contributed by atoms with Gasteiger partial charge in [0.15, 0.2) is 5.69 Å². The second-order valence-electron chi connectivity index (χ2n) is 8.32. The molecule has 1 aliphatic carbocycles. The zero-order chi connectivity index (χ0) is 19.0. The van der Waals surface area contributed by atoms with Gasteiger partial charge in [-0.05, 0) is 25.8 Å². The number of carbonyl (C=O) groups excluding carboxylic acids is 2. The number of likely N-dealkylation sites (tertiary alicyclic amines) is 1. The number of piperazine rings is 1. The molecule has 27 heavy (non-hydrogen) atoms. The SMILES string of the molecule is C[C@H]1CN(CC(=O)N2CCN(C)CC2)C[C@@H]1NC(=O)c1cc(C2CC2)on1. The Morgan fingerprint density at radius 2 is 1.96 bits per heavy atom. The fraction of sp³-hybridized carbons (Fsp3) is 0.737. The lowest BCUT2D eigenvalue weighted by atomic mass is 10.1. The summed E-state index contributed by atoms with van der Waals surface area (Å²) in [4.78, 5) is 31.4. The van der Waals surface area contributed by atoms with Crippen molar-refractivity contribution in [3.05, 3.63) is 17.5 Å². The number of hydrogen-bond donors (Lipinski definition) is 1. The van der Waals surface area contributed by atoms with Gasteiger partial charge in [-0.1, -0.05) is 12.1 Å². The zero-order valence-electron chi connectivity index (χ0n) is 16.2. The third-order valence-corrected chi connectivity index (χ3v) is 5.96. The molecule has 3 fully saturated rings. The van der Waals surface area contributed by atoms with Gasteiger partial charge in [0, 0.05) is 57.3 Å². The average Bonchev–Trinajstić information content (AvgIpc) is 3.27. The van der Waals surface area contributed by atoms with Gasteiger partial charge < -0.3 is 19.6 Å². The minimum absolute atomic E-state index is 0.0267. The van der Waals surface area contributed by atoms with Gasteiger partial charge in [0.25, 0.3) is 5.91 Å². The van der Waals surface area contributed by atoms with Crippen molar-refractivity contribution < 1.29 is 14.1 Å². The van der Waals surface area contributed by atoms with E-state index in [-0.39, 0.29) is 17.9 Å². The topological polar surface area (TPSA) is 81.9 Å². The highest BCUT2D eigenvalue weighted by molar-refractivity contribution is 5.92. The van der Waals surface area contributed by atoms with Crippen molar-refractivity contribution in [2.45, 2.75) is 31.7 Å². The molecule has 3 heterocycles. The van der Waals surface area contributed by atoms with E-state index in [2.05, 4.69) is 34.2 Å². The lowest BCUT2D eigenvalue weighted by molar-refractivity contribution is -0.133. The smallest absolute Gasteiger partial charge is 0.273 e.